The van der Waals surface area contributed by atoms with Crippen LogP contribution in [0.5, 0.6) is 5.75 Å². The maximum Gasteiger partial charge on any atom is 0.364 e. The molecule has 0 amide bonds. The molecule has 27 heavy (non-hydrogen) atoms. The summed E-state index contributed by atoms with van der Waals surface area (Å²) in [6, 6.07) is 6.66. The van der Waals surface area contributed by atoms with E-state index in [1.54, 1.807) is 24.3 Å². The average molecular weight is 387 g/mol. The van der Waals surface area contributed by atoms with Crippen molar-refractivity contribution in [1.82, 2.24) is 0 Å². The fourth-order valence-corrected chi connectivity index (χ4v) is 2.71. The lowest BCUT2D eigenvalue weighted by Crippen LogP contribution is -2.62. The highest BCUT2D eigenvalue weighted by molar-refractivity contribution is 5.76. The molecule has 1 saturated heterocycles. The molecule has 152 valence electrons. The van der Waals surface area contributed by atoms with Crippen LogP contribution in [0.1, 0.15) is 12.0 Å². The summed E-state index contributed by atoms with van der Waals surface area (Å²) in [5, 5.41) is 48.3. The van der Waals surface area contributed by atoms with E-state index >= 15 is 0 Å². The van der Waals surface area contributed by atoms with Gasteiger partial charge in [-0.15, -0.1) is 0 Å². The van der Waals surface area contributed by atoms with E-state index in [2.05, 4.69) is 0 Å². The van der Waals surface area contributed by atoms with Crippen LogP contribution >= 0.6 is 0 Å². The summed E-state index contributed by atoms with van der Waals surface area (Å²) in [5.74, 6) is -3.21. The van der Waals surface area contributed by atoms with Gasteiger partial charge in [-0.25, -0.2) is 4.79 Å². The van der Waals surface area contributed by atoms with Crippen LogP contribution in [0.25, 0.3) is 0 Å². The van der Waals surface area contributed by atoms with E-state index < -0.39 is 49.2 Å². The minimum Gasteiger partial charge on any atom is -0.492 e. The molecule has 0 spiro atoms. The van der Waals surface area contributed by atoms with Crippen molar-refractivity contribution in [1.29, 1.82) is 0 Å². The first kappa shape index (κ1) is 21.5. The zero-order valence-electron chi connectivity index (χ0n) is 14.6. The van der Waals surface area contributed by atoms with Gasteiger partial charge in [0, 0.05) is 13.0 Å². The number of carbonyl (C=O) groups is 1. The van der Waals surface area contributed by atoms with Gasteiger partial charge in [0.25, 0.3) is 5.79 Å². The fraction of sp³-hybridized carbons (Fsp3) is 0.588. The van der Waals surface area contributed by atoms with Crippen molar-refractivity contribution >= 4 is 5.97 Å². The van der Waals surface area contributed by atoms with Crippen LogP contribution in [-0.4, -0.2) is 81.5 Å². The van der Waals surface area contributed by atoms with Gasteiger partial charge in [0.15, 0.2) is 0 Å². The third-order valence-electron chi connectivity index (χ3n) is 4.21. The molecule has 1 aliphatic heterocycles. The van der Waals surface area contributed by atoms with Gasteiger partial charge >= 0.3 is 5.97 Å². The van der Waals surface area contributed by atoms with Crippen molar-refractivity contribution in [2.45, 2.75) is 43.2 Å². The van der Waals surface area contributed by atoms with Gasteiger partial charge in [-0.1, -0.05) is 12.1 Å². The summed E-state index contributed by atoms with van der Waals surface area (Å²) in [5.41, 5.74) is 5.97. The van der Waals surface area contributed by atoms with Gasteiger partial charge < -0.3 is 45.5 Å². The summed E-state index contributed by atoms with van der Waals surface area (Å²) in [4.78, 5) is 11.8. The quantitative estimate of drug-likeness (QED) is 0.283. The zero-order valence-corrected chi connectivity index (χ0v) is 14.6. The Hall–Kier alpha value is -1.79. The molecule has 0 radical (unpaired) electrons. The molecule has 5 atom stereocenters. The molecule has 10 nitrogen and oxygen atoms in total. The second-order valence-corrected chi connectivity index (χ2v) is 6.22. The van der Waals surface area contributed by atoms with Crippen LogP contribution < -0.4 is 10.5 Å². The van der Waals surface area contributed by atoms with Gasteiger partial charge in [0.1, 0.15) is 30.7 Å². The number of aliphatic carboxylic acids is 1. The first-order chi connectivity index (χ1) is 12.8. The number of nitrogens with two attached hydrogens (primary N) is 1. The fourth-order valence-electron chi connectivity index (χ4n) is 2.71. The second-order valence-electron chi connectivity index (χ2n) is 6.22. The summed E-state index contributed by atoms with van der Waals surface area (Å²) in [6.45, 7) is -0.221. The first-order valence-electron chi connectivity index (χ1n) is 8.45. The average Bonchev–Trinajstić information content (AvgIpc) is 2.67. The number of benzene rings is 1. The van der Waals surface area contributed by atoms with Crippen LogP contribution in [0, 0.1) is 0 Å². The summed E-state index contributed by atoms with van der Waals surface area (Å²) >= 11 is 0. The maximum atomic E-state index is 11.8. The first-order valence-corrected chi connectivity index (χ1v) is 8.45. The molecule has 0 bridgehead atoms. The SMILES string of the molecule is NCCOc1ccc(COC2(C(=O)O)CC(O)C(O)C(C(O)CO)O2)cc1. The Labute approximate surface area is 155 Å². The van der Waals surface area contributed by atoms with Gasteiger partial charge in [0.2, 0.25) is 0 Å². The number of aliphatic hydroxyl groups is 4. The van der Waals surface area contributed by atoms with E-state index in [1.807, 2.05) is 0 Å². The molecule has 1 aromatic rings. The summed E-state index contributed by atoms with van der Waals surface area (Å²) < 4.78 is 16.1. The second kappa shape index (κ2) is 9.42. The summed E-state index contributed by atoms with van der Waals surface area (Å²) in [6.07, 6.45) is -6.75. The Bertz CT molecular complexity index is 611. The van der Waals surface area contributed by atoms with E-state index in [4.69, 9.17) is 25.1 Å². The normalized spacial score (nSPS) is 29.3. The predicted octanol–water partition coefficient (Wildman–Crippen LogP) is -1.81. The number of hydrogen-bond acceptors (Lipinski definition) is 9. The molecule has 7 N–H and O–H groups in total. The van der Waals surface area contributed by atoms with Crippen LogP contribution in [0.15, 0.2) is 24.3 Å². The molecule has 10 heteroatoms. The van der Waals surface area contributed by atoms with Gasteiger partial charge in [-0.2, -0.15) is 0 Å². The number of carboxylic acids is 1. The minimum absolute atomic E-state index is 0.172. The number of ether oxygens (including phenoxy) is 3. The minimum atomic E-state index is -2.28. The molecule has 0 aliphatic carbocycles. The van der Waals surface area contributed by atoms with Gasteiger partial charge in [-0.05, 0) is 17.7 Å². The van der Waals surface area contributed by atoms with E-state index in [9.17, 15) is 25.2 Å². The smallest absolute Gasteiger partial charge is 0.364 e. The van der Waals surface area contributed by atoms with Crippen LogP contribution in [0.3, 0.4) is 0 Å². The number of hydrogen-bond donors (Lipinski definition) is 6. The van der Waals surface area contributed by atoms with Crippen LogP contribution in [0.2, 0.25) is 0 Å². The monoisotopic (exact) mass is 387 g/mol. The molecule has 1 aliphatic rings. The number of rotatable bonds is 9. The highest BCUT2D eigenvalue weighted by Gasteiger charge is 2.54. The van der Waals surface area contributed by atoms with Gasteiger partial charge in [-0.3, -0.25) is 0 Å². The molecule has 5 unspecified atom stereocenters. The standard InChI is InChI=1S/C17H25NO9/c18-5-6-25-11-3-1-10(2-4-11)9-26-17(16(23)24)7-12(20)14(22)15(27-17)13(21)8-19/h1-4,12-15,19-22H,5-9,18H2,(H,23,24). The Morgan fingerprint density at radius 2 is 2.00 bits per heavy atom. The Balaban J connectivity index is 2.11. The Morgan fingerprint density at radius 1 is 1.33 bits per heavy atom. The van der Waals surface area contributed by atoms with E-state index in [-0.39, 0.29) is 6.61 Å². The van der Waals surface area contributed by atoms with Crippen molar-refractivity contribution < 1.29 is 44.5 Å². The van der Waals surface area contributed by atoms with Crippen molar-refractivity contribution in [3.05, 3.63) is 29.8 Å². The van der Waals surface area contributed by atoms with Crippen molar-refractivity contribution in [3.8, 4) is 5.75 Å². The molecule has 1 aromatic carbocycles. The topological polar surface area (TPSA) is 172 Å². The van der Waals surface area contributed by atoms with Crippen molar-refractivity contribution in [2.75, 3.05) is 19.8 Å². The van der Waals surface area contributed by atoms with Crippen LogP contribution in [-0.2, 0) is 20.9 Å². The molecule has 0 saturated carbocycles. The van der Waals surface area contributed by atoms with Gasteiger partial charge in [0.05, 0.1) is 19.3 Å². The lowest BCUT2D eigenvalue weighted by atomic mass is 9.92. The molecular weight excluding hydrogens is 362 g/mol. The lowest BCUT2D eigenvalue weighted by Gasteiger charge is -2.43. The van der Waals surface area contributed by atoms with Crippen molar-refractivity contribution in [3.63, 3.8) is 0 Å². The Kier molecular flexibility index (Phi) is 7.50. The van der Waals surface area contributed by atoms with E-state index in [1.165, 1.54) is 0 Å². The third-order valence-corrected chi connectivity index (χ3v) is 4.21. The molecule has 1 heterocycles. The predicted molar refractivity (Wildman–Crippen MR) is 90.7 cm³/mol. The lowest BCUT2D eigenvalue weighted by molar-refractivity contribution is -0.326. The highest BCUT2D eigenvalue weighted by atomic mass is 16.7. The van der Waals surface area contributed by atoms with Crippen LogP contribution in [0.4, 0.5) is 0 Å². The van der Waals surface area contributed by atoms with Crippen molar-refractivity contribution in [2.24, 2.45) is 5.73 Å². The number of carboxylic acid groups (broad SMARTS) is 1. The molecule has 2 rings (SSSR count). The molecule has 0 aromatic heterocycles. The molecular formula is C17H25NO9. The van der Waals surface area contributed by atoms with E-state index in [0.29, 0.717) is 24.5 Å². The zero-order chi connectivity index (χ0) is 20.0. The third kappa shape index (κ3) is 5.14. The summed E-state index contributed by atoms with van der Waals surface area (Å²) in [7, 11) is 0. The molecule has 1 fully saturated rings. The largest absolute Gasteiger partial charge is 0.492 e. The maximum absolute atomic E-state index is 11.8. The number of aliphatic hydroxyl groups excluding tert-OH is 4. The highest BCUT2D eigenvalue weighted by Crippen LogP contribution is 2.33. The Morgan fingerprint density at radius 3 is 2.56 bits per heavy atom. The van der Waals surface area contributed by atoms with E-state index in [0.717, 1.165) is 0 Å².